The fourth-order valence-electron chi connectivity index (χ4n) is 2.12. The van der Waals surface area contributed by atoms with Crippen LogP contribution in [0, 0.1) is 0 Å². The van der Waals surface area contributed by atoms with E-state index in [4.69, 9.17) is 0 Å². The molecule has 2 heteroatoms. The van der Waals surface area contributed by atoms with Crippen LogP contribution >= 0.6 is 0 Å². The Balaban J connectivity index is 2.78. The van der Waals surface area contributed by atoms with Crippen molar-refractivity contribution < 1.29 is 0 Å². The summed E-state index contributed by atoms with van der Waals surface area (Å²) in [5.74, 6) is 0. The molecule has 0 atom stereocenters. The van der Waals surface area contributed by atoms with Gasteiger partial charge in [0.1, 0.15) is 0 Å². The summed E-state index contributed by atoms with van der Waals surface area (Å²) in [6.07, 6.45) is 10.5. The summed E-state index contributed by atoms with van der Waals surface area (Å²) in [7, 11) is 0. The maximum atomic E-state index is 4.62. The third-order valence-corrected chi connectivity index (χ3v) is 4.25. The Labute approximate surface area is 113 Å². The monoisotopic (exact) mass is 250 g/mol. The highest BCUT2D eigenvalue weighted by Crippen LogP contribution is 2.28. The Morgan fingerprint density at radius 2 is 1.78 bits per heavy atom. The van der Waals surface area contributed by atoms with Crippen LogP contribution in [0.5, 0.6) is 0 Å². The first-order valence-corrected chi connectivity index (χ1v) is 7.38. The molecule has 1 aromatic rings. The van der Waals surface area contributed by atoms with Crippen LogP contribution in [-0.4, -0.2) is 9.55 Å². The molecule has 0 N–H and O–H groups in total. The van der Waals surface area contributed by atoms with Gasteiger partial charge >= 0.3 is 0 Å². The quantitative estimate of drug-likeness (QED) is 0.630. The highest BCUT2D eigenvalue weighted by Gasteiger charge is 2.25. The van der Waals surface area contributed by atoms with Crippen molar-refractivity contribution in [3.8, 4) is 0 Å². The van der Waals surface area contributed by atoms with Crippen LogP contribution in [0.2, 0.25) is 0 Å². The lowest BCUT2D eigenvalue weighted by molar-refractivity contribution is 0.313. The molecule has 1 rings (SSSR count). The average Bonchev–Trinajstić information content (AvgIpc) is 2.80. The molecule has 0 aromatic carbocycles. The lowest BCUT2D eigenvalue weighted by Crippen LogP contribution is -2.25. The average molecular weight is 250 g/mol. The molecule has 0 bridgehead atoms. The molecule has 0 aliphatic carbocycles. The third-order valence-electron chi connectivity index (χ3n) is 4.25. The predicted octanol–water partition coefficient (Wildman–Crippen LogP) is 4.89. The van der Waals surface area contributed by atoms with Gasteiger partial charge in [0.15, 0.2) is 0 Å². The topological polar surface area (TPSA) is 17.8 Å². The first kappa shape index (κ1) is 15.3. The molecule has 0 spiro atoms. The second-order valence-corrected chi connectivity index (χ2v) is 6.67. The summed E-state index contributed by atoms with van der Waals surface area (Å²) in [5.41, 5.74) is 1.59. The van der Waals surface area contributed by atoms with Crippen molar-refractivity contribution in [1.82, 2.24) is 9.55 Å². The molecule has 0 unspecified atom stereocenters. The number of nitrogens with zero attached hydrogens (tertiary/aromatic N) is 2. The number of imidazole rings is 1. The molecular formula is C16H30N2. The summed E-state index contributed by atoms with van der Waals surface area (Å²) in [6, 6.07) is 0. The van der Waals surface area contributed by atoms with Crippen LogP contribution in [-0.2, 0) is 11.0 Å². The highest BCUT2D eigenvalue weighted by molar-refractivity contribution is 5.11. The highest BCUT2D eigenvalue weighted by atomic mass is 15.1. The Morgan fingerprint density at radius 3 is 2.33 bits per heavy atom. The molecule has 1 heterocycles. The molecule has 104 valence electrons. The van der Waals surface area contributed by atoms with Crippen molar-refractivity contribution in [1.29, 1.82) is 0 Å². The smallest absolute Gasteiger partial charge is 0.0954 e. The van der Waals surface area contributed by atoms with E-state index in [0.29, 0.717) is 0 Å². The molecule has 18 heavy (non-hydrogen) atoms. The number of unbranched alkanes of at least 4 members (excludes halogenated alkanes) is 2. The van der Waals surface area contributed by atoms with Crippen LogP contribution in [0.1, 0.15) is 79.3 Å². The molecule has 0 saturated heterocycles. The fourth-order valence-corrected chi connectivity index (χ4v) is 2.12. The summed E-state index contributed by atoms with van der Waals surface area (Å²) in [6.45, 7) is 13.6. The van der Waals surface area contributed by atoms with E-state index < -0.39 is 0 Å². The van der Waals surface area contributed by atoms with Crippen LogP contribution in [0.4, 0.5) is 0 Å². The molecular weight excluding hydrogens is 220 g/mol. The minimum atomic E-state index is 0.185. The molecule has 0 aliphatic heterocycles. The Hall–Kier alpha value is -0.790. The number of rotatable bonds is 7. The summed E-state index contributed by atoms with van der Waals surface area (Å²) >= 11 is 0. The van der Waals surface area contributed by atoms with Crippen LogP contribution in [0.3, 0.4) is 0 Å². The lowest BCUT2D eigenvalue weighted by Gasteiger charge is -2.27. The standard InChI is InChI=1S/C16H30N2/c1-7-9-10-11-16(5,6)18-12-14(17-13-18)15(3,4)8-2/h12-13H,7-11H2,1-6H3. The zero-order valence-electron chi connectivity index (χ0n) is 13.1. The predicted molar refractivity (Wildman–Crippen MR) is 79.0 cm³/mol. The lowest BCUT2D eigenvalue weighted by atomic mass is 9.87. The molecule has 0 amide bonds. The molecule has 2 nitrogen and oxygen atoms in total. The van der Waals surface area contributed by atoms with E-state index >= 15 is 0 Å². The Bertz CT molecular complexity index is 361. The van der Waals surface area contributed by atoms with Gasteiger partial charge < -0.3 is 4.57 Å². The van der Waals surface area contributed by atoms with E-state index in [9.17, 15) is 0 Å². The van der Waals surface area contributed by atoms with Crippen LogP contribution in [0.25, 0.3) is 0 Å². The van der Waals surface area contributed by atoms with Crippen LogP contribution < -0.4 is 0 Å². The molecule has 0 radical (unpaired) electrons. The Morgan fingerprint density at radius 1 is 1.11 bits per heavy atom. The number of aromatic nitrogens is 2. The van der Waals surface area contributed by atoms with Gasteiger partial charge in [-0.2, -0.15) is 0 Å². The van der Waals surface area contributed by atoms with Crippen molar-refractivity contribution in [2.45, 2.75) is 84.6 Å². The largest absolute Gasteiger partial charge is 0.332 e. The van der Waals surface area contributed by atoms with Gasteiger partial charge in [-0.25, -0.2) is 4.98 Å². The minimum absolute atomic E-state index is 0.185. The van der Waals surface area contributed by atoms with Crippen molar-refractivity contribution in [2.75, 3.05) is 0 Å². The second kappa shape index (κ2) is 5.90. The van der Waals surface area contributed by atoms with Gasteiger partial charge in [0.25, 0.3) is 0 Å². The van der Waals surface area contributed by atoms with Gasteiger partial charge in [0, 0.05) is 17.2 Å². The molecule has 0 fully saturated rings. The third kappa shape index (κ3) is 3.60. The van der Waals surface area contributed by atoms with Crippen molar-refractivity contribution >= 4 is 0 Å². The van der Waals surface area contributed by atoms with Gasteiger partial charge in [0.2, 0.25) is 0 Å². The zero-order valence-corrected chi connectivity index (χ0v) is 13.1. The molecule has 1 aromatic heterocycles. The van der Waals surface area contributed by atoms with Crippen molar-refractivity contribution in [3.63, 3.8) is 0 Å². The van der Waals surface area contributed by atoms with E-state index in [2.05, 4.69) is 57.3 Å². The summed E-state index contributed by atoms with van der Waals surface area (Å²) in [5, 5.41) is 0. The van der Waals surface area contributed by atoms with Gasteiger partial charge in [-0.05, 0) is 26.7 Å². The van der Waals surface area contributed by atoms with E-state index in [1.807, 2.05) is 6.33 Å². The maximum Gasteiger partial charge on any atom is 0.0954 e. The first-order valence-electron chi connectivity index (χ1n) is 7.38. The normalized spacial score (nSPS) is 13.0. The van der Waals surface area contributed by atoms with E-state index in [-0.39, 0.29) is 11.0 Å². The summed E-state index contributed by atoms with van der Waals surface area (Å²) in [4.78, 5) is 4.62. The van der Waals surface area contributed by atoms with Gasteiger partial charge in [0.05, 0.1) is 12.0 Å². The molecule has 0 aliphatic rings. The van der Waals surface area contributed by atoms with Gasteiger partial charge in [-0.15, -0.1) is 0 Å². The Kier molecular flexibility index (Phi) is 5.01. The van der Waals surface area contributed by atoms with E-state index in [1.54, 1.807) is 0 Å². The van der Waals surface area contributed by atoms with Crippen LogP contribution in [0.15, 0.2) is 12.5 Å². The number of hydrogen-bond donors (Lipinski definition) is 0. The zero-order chi connectivity index (χ0) is 13.8. The first-order chi connectivity index (χ1) is 8.33. The van der Waals surface area contributed by atoms with Gasteiger partial charge in [-0.3, -0.25) is 0 Å². The fraction of sp³-hybridized carbons (Fsp3) is 0.812. The van der Waals surface area contributed by atoms with E-state index in [1.165, 1.54) is 31.4 Å². The van der Waals surface area contributed by atoms with E-state index in [0.717, 1.165) is 6.42 Å². The number of hydrogen-bond acceptors (Lipinski definition) is 1. The minimum Gasteiger partial charge on any atom is -0.332 e. The van der Waals surface area contributed by atoms with Crippen molar-refractivity contribution in [3.05, 3.63) is 18.2 Å². The van der Waals surface area contributed by atoms with Gasteiger partial charge in [-0.1, -0.05) is 47.0 Å². The molecule has 0 saturated carbocycles. The second-order valence-electron chi connectivity index (χ2n) is 6.67. The van der Waals surface area contributed by atoms with Crippen molar-refractivity contribution in [2.24, 2.45) is 0 Å². The SMILES string of the molecule is CCCCCC(C)(C)n1cnc(C(C)(C)CC)c1. The summed E-state index contributed by atoms with van der Waals surface area (Å²) < 4.78 is 2.30. The maximum absolute atomic E-state index is 4.62.